The van der Waals surface area contributed by atoms with Gasteiger partial charge in [-0.2, -0.15) is 0 Å². The third-order valence-corrected chi connectivity index (χ3v) is 21.1. The van der Waals surface area contributed by atoms with Gasteiger partial charge in [0.25, 0.3) is 0 Å². The molecule has 20 rings (SSSR count). The van der Waals surface area contributed by atoms with Gasteiger partial charge in [-0.15, -0.1) is 30.6 Å². The lowest BCUT2D eigenvalue weighted by atomic mass is 9.80. The third kappa shape index (κ3) is 12.0. The van der Waals surface area contributed by atoms with Gasteiger partial charge in [-0.05, 0) is 141 Å². The Labute approximate surface area is 627 Å². The zero-order valence-electron chi connectivity index (χ0n) is 56.7. The molecule has 0 saturated carbocycles. The highest BCUT2D eigenvalue weighted by atomic mass is 79.9. The van der Waals surface area contributed by atoms with Gasteiger partial charge < -0.3 is 10.0 Å². The number of hydrogen-bond donors (Lipinski definition) is 2. The normalized spacial score (nSPS) is 11.4. The molecule has 106 heavy (non-hydrogen) atoms. The second kappa shape index (κ2) is 28.1. The molecule has 3 heterocycles. The summed E-state index contributed by atoms with van der Waals surface area (Å²) in [4.78, 5) is 0. The minimum Gasteiger partial charge on any atom is -0.423 e. The van der Waals surface area contributed by atoms with Crippen LogP contribution in [0.1, 0.15) is 0 Å². The summed E-state index contributed by atoms with van der Waals surface area (Å²) in [6.45, 7) is 0. The van der Waals surface area contributed by atoms with E-state index in [9.17, 15) is 10.0 Å². The van der Waals surface area contributed by atoms with Crippen molar-refractivity contribution < 1.29 is 10.0 Å². The van der Waals surface area contributed by atoms with E-state index in [1.807, 2.05) is 150 Å². The predicted octanol–water partition coefficient (Wildman–Crippen LogP) is 22.1. The molecule has 11 nitrogen and oxygen atoms in total. The molecule has 0 fully saturated rings. The van der Waals surface area contributed by atoms with E-state index in [2.05, 4.69) is 266 Å². The van der Waals surface area contributed by atoms with Crippen molar-refractivity contribution in [3.63, 3.8) is 0 Å². The molecule has 0 spiro atoms. The SMILES string of the molecule is Brc1ccc2ccc3c(Br)ccc4ccc1c2c43.OB(O)c1ccc(-n2c(-c3ccccc3)nnc2-c2ccccc2)cc1.c1ccc(-c2nnc(-c3ccccc3)n2-c2ccc(-c3ccc4ccc5c(-c6ccc(-n7c(-c8ccccc8)nnc7-c7ccccc7)cc6)ccc6ccc3c4c65)cc2)cc1. The van der Waals surface area contributed by atoms with Crippen molar-refractivity contribution in [3.05, 3.63) is 361 Å². The molecule has 3 aromatic heterocycles. The van der Waals surface area contributed by atoms with Crippen molar-refractivity contribution >= 4 is 109 Å². The van der Waals surface area contributed by atoms with Gasteiger partial charge in [-0.1, -0.05) is 335 Å². The molecule has 20 aromatic rings. The molecule has 0 amide bonds. The maximum atomic E-state index is 9.33. The summed E-state index contributed by atoms with van der Waals surface area (Å²) in [5.41, 5.74) is 13.9. The van der Waals surface area contributed by atoms with E-state index in [0.717, 1.165) is 105 Å². The van der Waals surface area contributed by atoms with Crippen LogP contribution in [0.3, 0.4) is 0 Å². The van der Waals surface area contributed by atoms with Crippen LogP contribution in [0.15, 0.2) is 361 Å². The molecular formula is C92H60BBr2N9O2. The topological polar surface area (TPSA) is 133 Å². The highest BCUT2D eigenvalue weighted by Crippen LogP contribution is 2.45. The molecular weight excluding hydrogens is 1430 g/mol. The largest absolute Gasteiger partial charge is 0.488 e. The molecule has 502 valence electrons. The maximum Gasteiger partial charge on any atom is 0.488 e. The molecule has 0 aliphatic heterocycles. The lowest BCUT2D eigenvalue weighted by Crippen LogP contribution is -2.29. The van der Waals surface area contributed by atoms with Crippen molar-refractivity contribution in [3.8, 4) is 108 Å². The van der Waals surface area contributed by atoms with Crippen molar-refractivity contribution in [2.45, 2.75) is 0 Å². The zero-order valence-corrected chi connectivity index (χ0v) is 59.9. The van der Waals surface area contributed by atoms with Gasteiger partial charge in [0.15, 0.2) is 34.9 Å². The molecule has 0 bridgehead atoms. The standard InChI is InChI=1S/C56H36N6.C20H16BN3O2.C16H8Br2/c1-5-13-41(14-6-1)53-57-58-54(42-15-7-2-8-16-42)61(53)45-29-21-37(22-30-45)47-33-25-39-28-36-50-48(34-26-40-27-35-49(47)51(39)52(40)50)38-23-31-46(32-24-38)62-55(43-17-9-3-10-18-43)59-60-56(62)44-19-11-4-12-20-44;25-21(26)17-11-13-18(14-12-17)24-19(15-7-3-1-4-8-15)22-23-20(24)16-9-5-2-6-10-16;17-13-8-4-10-2-6-12-14(18)7-3-9-1-5-11(13)16(10)15(9)12/h1-36H;1-14,25-26H;1-8H. The van der Waals surface area contributed by atoms with E-state index >= 15 is 0 Å². The van der Waals surface area contributed by atoms with Crippen LogP contribution in [0.25, 0.3) is 172 Å². The molecule has 2 N–H and O–H groups in total. The Morgan fingerprint density at radius 2 is 0.443 bits per heavy atom. The fourth-order valence-electron chi connectivity index (χ4n) is 14.6. The van der Waals surface area contributed by atoms with Gasteiger partial charge in [0, 0.05) is 59.4 Å². The smallest absolute Gasteiger partial charge is 0.423 e. The Balaban J connectivity index is 0.000000146. The molecule has 0 radical (unpaired) electrons. The van der Waals surface area contributed by atoms with E-state index in [1.54, 1.807) is 12.1 Å². The van der Waals surface area contributed by atoms with Crippen LogP contribution in [0, 0.1) is 0 Å². The molecule has 0 saturated heterocycles. The Morgan fingerprint density at radius 1 is 0.217 bits per heavy atom. The van der Waals surface area contributed by atoms with E-state index in [4.69, 9.17) is 0 Å². The average molecular weight is 1490 g/mol. The zero-order chi connectivity index (χ0) is 71.2. The van der Waals surface area contributed by atoms with E-state index in [0.29, 0.717) is 5.46 Å². The number of hydrogen-bond acceptors (Lipinski definition) is 8. The minimum absolute atomic E-state index is 0.435. The van der Waals surface area contributed by atoms with Crippen LogP contribution in [0.2, 0.25) is 0 Å². The summed E-state index contributed by atoms with van der Waals surface area (Å²) < 4.78 is 8.60. The second-order valence-corrected chi connectivity index (χ2v) is 27.7. The summed E-state index contributed by atoms with van der Waals surface area (Å²) >= 11 is 7.30. The summed E-state index contributed by atoms with van der Waals surface area (Å²) in [6.07, 6.45) is 0. The number of halogens is 2. The third-order valence-electron chi connectivity index (χ3n) is 19.7. The van der Waals surface area contributed by atoms with Gasteiger partial charge in [0.05, 0.1) is 0 Å². The monoisotopic (exact) mass is 1490 g/mol. The lowest BCUT2D eigenvalue weighted by Gasteiger charge is -2.17. The summed E-state index contributed by atoms with van der Waals surface area (Å²) in [7, 11) is -1.49. The van der Waals surface area contributed by atoms with E-state index < -0.39 is 7.12 Å². The quantitative estimate of drug-likeness (QED) is 0.0913. The summed E-state index contributed by atoms with van der Waals surface area (Å²) in [5, 5.41) is 61.6. The van der Waals surface area contributed by atoms with Crippen LogP contribution in [0.5, 0.6) is 0 Å². The fraction of sp³-hybridized carbons (Fsp3) is 0. The molecule has 17 aromatic carbocycles. The van der Waals surface area contributed by atoms with Crippen LogP contribution in [-0.2, 0) is 0 Å². The van der Waals surface area contributed by atoms with Crippen LogP contribution in [-0.4, -0.2) is 61.5 Å². The van der Waals surface area contributed by atoms with Crippen molar-refractivity contribution in [2.24, 2.45) is 0 Å². The van der Waals surface area contributed by atoms with Crippen LogP contribution in [0.4, 0.5) is 0 Å². The number of aromatic nitrogens is 9. The fourth-order valence-corrected chi connectivity index (χ4v) is 15.6. The van der Waals surface area contributed by atoms with E-state index in [-0.39, 0.29) is 0 Å². The molecule has 0 unspecified atom stereocenters. The highest BCUT2D eigenvalue weighted by molar-refractivity contribution is 9.11. The number of nitrogens with zero attached hydrogens (tertiary/aromatic N) is 9. The lowest BCUT2D eigenvalue weighted by molar-refractivity contribution is 0.426. The van der Waals surface area contributed by atoms with Crippen LogP contribution >= 0.6 is 31.9 Å². The molecule has 0 atom stereocenters. The first-order chi connectivity index (χ1) is 52.3. The van der Waals surface area contributed by atoms with Gasteiger partial charge in [-0.3, -0.25) is 13.7 Å². The van der Waals surface area contributed by atoms with Crippen molar-refractivity contribution in [2.75, 3.05) is 0 Å². The maximum absolute atomic E-state index is 9.33. The average Bonchev–Trinajstić information content (AvgIpc) is 1.48. The van der Waals surface area contributed by atoms with Gasteiger partial charge >= 0.3 is 7.12 Å². The molecule has 0 aliphatic rings. The van der Waals surface area contributed by atoms with E-state index in [1.165, 1.54) is 75.8 Å². The Morgan fingerprint density at radius 3 is 0.708 bits per heavy atom. The number of benzene rings is 17. The van der Waals surface area contributed by atoms with Crippen LogP contribution < -0.4 is 5.46 Å². The van der Waals surface area contributed by atoms with Gasteiger partial charge in [0.2, 0.25) is 0 Å². The Bertz CT molecular complexity index is 6040. The van der Waals surface area contributed by atoms with Gasteiger partial charge in [0.1, 0.15) is 0 Å². The Hall–Kier alpha value is -12.8. The van der Waals surface area contributed by atoms with Crippen molar-refractivity contribution in [1.29, 1.82) is 0 Å². The Kier molecular flexibility index (Phi) is 17.3. The predicted molar refractivity (Wildman–Crippen MR) is 440 cm³/mol. The van der Waals surface area contributed by atoms with Crippen molar-refractivity contribution in [1.82, 2.24) is 44.3 Å². The second-order valence-electron chi connectivity index (χ2n) is 26.0. The summed E-state index contributed by atoms with van der Waals surface area (Å²) in [5.74, 6) is 4.66. The molecule has 14 heteroatoms. The first-order valence-electron chi connectivity index (χ1n) is 34.9. The minimum atomic E-state index is -1.49. The number of rotatable bonds is 12. The highest BCUT2D eigenvalue weighted by Gasteiger charge is 2.23. The first-order valence-corrected chi connectivity index (χ1v) is 36.4. The van der Waals surface area contributed by atoms with Gasteiger partial charge in [-0.25, -0.2) is 0 Å². The first kappa shape index (κ1) is 65.2. The molecule has 0 aliphatic carbocycles. The summed E-state index contributed by atoms with van der Waals surface area (Å²) in [6, 6.07) is 121.